The van der Waals surface area contributed by atoms with E-state index >= 15 is 0 Å². The molecule has 0 spiro atoms. The van der Waals surface area contributed by atoms with E-state index in [4.69, 9.17) is 14.0 Å². The van der Waals surface area contributed by atoms with E-state index in [9.17, 15) is 4.79 Å². The molecule has 5 heteroatoms. The SMILES string of the molecule is CCCC[Si](CCc1ccc(C(=O)O)cc1)(OC)OC. The van der Waals surface area contributed by atoms with Crippen molar-refractivity contribution in [1.82, 2.24) is 0 Å². The maximum absolute atomic E-state index is 10.8. The summed E-state index contributed by atoms with van der Waals surface area (Å²) in [7, 11) is 1.37. The smallest absolute Gasteiger partial charge is 0.337 e. The van der Waals surface area contributed by atoms with Crippen LogP contribution in [0.1, 0.15) is 35.7 Å². The highest BCUT2D eigenvalue weighted by molar-refractivity contribution is 6.67. The van der Waals surface area contributed by atoms with E-state index < -0.39 is 14.5 Å². The van der Waals surface area contributed by atoms with Crippen LogP contribution in [0.4, 0.5) is 0 Å². The first-order chi connectivity index (χ1) is 9.56. The molecule has 0 aliphatic rings. The lowest BCUT2D eigenvalue weighted by atomic mass is 10.1. The van der Waals surface area contributed by atoms with Gasteiger partial charge >= 0.3 is 14.5 Å². The van der Waals surface area contributed by atoms with Crippen molar-refractivity contribution in [1.29, 1.82) is 0 Å². The Kier molecular flexibility index (Phi) is 6.91. The number of unbranched alkanes of at least 4 members (excludes halogenated alkanes) is 1. The minimum Gasteiger partial charge on any atom is -0.478 e. The van der Waals surface area contributed by atoms with Gasteiger partial charge < -0.3 is 14.0 Å². The Morgan fingerprint density at radius 3 is 2.20 bits per heavy atom. The van der Waals surface area contributed by atoms with Crippen molar-refractivity contribution < 1.29 is 18.8 Å². The van der Waals surface area contributed by atoms with Crippen LogP contribution in [0.2, 0.25) is 12.1 Å². The van der Waals surface area contributed by atoms with Gasteiger partial charge in [0.15, 0.2) is 0 Å². The monoisotopic (exact) mass is 296 g/mol. The molecule has 0 aliphatic heterocycles. The second-order valence-electron chi connectivity index (χ2n) is 4.92. The fraction of sp³-hybridized carbons (Fsp3) is 0.533. The quantitative estimate of drug-likeness (QED) is 0.709. The molecule has 1 N–H and O–H groups in total. The van der Waals surface area contributed by atoms with Crippen molar-refractivity contribution in [2.24, 2.45) is 0 Å². The molecule has 0 heterocycles. The summed E-state index contributed by atoms with van der Waals surface area (Å²) in [4.78, 5) is 10.8. The number of rotatable bonds is 9. The van der Waals surface area contributed by atoms with E-state index in [1.54, 1.807) is 26.4 Å². The Balaban J connectivity index is 2.64. The number of hydrogen-bond donors (Lipinski definition) is 1. The Labute approximate surface area is 122 Å². The van der Waals surface area contributed by atoms with Gasteiger partial charge in [-0.05, 0) is 36.2 Å². The van der Waals surface area contributed by atoms with Crippen LogP contribution < -0.4 is 0 Å². The van der Waals surface area contributed by atoms with Crippen LogP contribution in [0.5, 0.6) is 0 Å². The topological polar surface area (TPSA) is 55.8 Å². The van der Waals surface area contributed by atoms with E-state index in [-0.39, 0.29) is 0 Å². The van der Waals surface area contributed by atoms with E-state index in [0.29, 0.717) is 5.56 Å². The fourth-order valence-electron chi connectivity index (χ4n) is 2.21. The van der Waals surface area contributed by atoms with Crippen molar-refractivity contribution >= 4 is 14.5 Å². The van der Waals surface area contributed by atoms with Gasteiger partial charge in [0.2, 0.25) is 0 Å². The van der Waals surface area contributed by atoms with Crippen molar-refractivity contribution in [3.63, 3.8) is 0 Å². The minimum atomic E-state index is -2.10. The molecule has 0 aliphatic carbocycles. The lowest BCUT2D eigenvalue weighted by Crippen LogP contribution is -2.40. The van der Waals surface area contributed by atoms with Crippen molar-refractivity contribution in [3.05, 3.63) is 35.4 Å². The van der Waals surface area contributed by atoms with Crippen molar-refractivity contribution in [3.8, 4) is 0 Å². The summed E-state index contributed by atoms with van der Waals surface area (Å²) in [6, 6.07) is 8.93. The Bertz CT molecular complexity index is 412. The van der Waals surface area contributed by atoms with Gasteiger partial charge in [0.25, 0.3) is 0 Å². The van der Waals surface area contributed by atoms with Gasteiger partial charge in [-0.15, -0.1) is 0 Å². The summed E-state index contributed by atoms with van der Waals surface area (Å²) in [5.41, 5.74) is 1.44. The second kappa shape index (κ2) is 8.19. The van der Waals surface area contributed by atoms with Crippen LogP contribution in [0, 0.1) is 0 Å². The summed E-state index contributed by atoms with van der Waals surface area (Å²) < 4.78 is 11.4. The lowest BCUT2D eigenvalue weighted by Gasteiger charge is -2.27. The molecule has 0 bridgehead atoms. The summed E-state index contributed by atoms with van der Waals surface area (Å²) >= 11 is 0. The molecule has 1 aromatic carbocycles. The van der Waals surface area contributed by atoms with Crippen LogP contribution >= 0.6 is 0 Å². The lowest BCUT2D eigenvalue weighted by molar-refractivity contribution is 0.0697. The van der Waals surface area contributed by atoms with Crippen LogP contribution in [0.3, 0.4) is 0 Å². The zero-order valence-electron chi connectivity index (χ0n) is 12.5. The van der Waals surface area contributed by atoms with E-state index in [1.165, 1.54) is 0 Å². The molecule has 112 valence electrons. The number of benzene rings is 1. The van der Waals surface area contributed by atoms with Gasteiger partial charge in [-0.1, -0.05) is 31.9 Å². The first-order valence-electron chi connectivity index (χ1n) is 6.99. The zero-order valence-corrected chi connectivity index (χ0v) is 13.5. The molecular formula is C15H24O4Si. The molecule has 0 atom stereocenters. The van der Waals surface area contributed by atoms with Crippen LogP contribution in [0.25, 0.3) is 0 Å². The van der Waals surface area contributed by atoms with Crippen molar-refractivity contribution in [2.75, 3.05) is 14.2 Å². The fourth-order valence-corrected chi connectivity index (χ4v) is 5.01. The van der Waals surface area contributed by atoms with Gasteiger partial charge in [-0.2, -0.15) is 0 Å². The number of aryl methyl sites for hydroxylation is 1. The summed E-state index contributed by atoms with van der Waals surface area (Å²) in [6.45, 7) is 2.16. The highest BCUT2D eigenvalue weighted by Crippen LogP contribution is 2.23. The molecule has 4 nitrogen and oxygen atoms in total. The molecule has 0 saturated heterocycles. The molecule has 0 unspecified atom stereocenters. The average molecular weight is 296 g/mol. The Morgan fingerprint density at radius 2 is 1.75 bits per heavy atom. The molecule has 0 aromatic heterocycles. The van der Waals surface area contributed by atoms with E-state index in [1.807, 2.05) is 12.1 Å². The predicted molar refractivity (Wildman–Crippen MR) is 81.4 cm³/mol. The largest absolute Gasteiger partial charge is 0.478 e. The third-order valence-electron chi connectivity index (χ3n) is 3.65. The number of hydrogen-bond acceptors (Lipinski definition) is 3. The van der Waals surface area contributed by atoms with Crippen LogP contribution in [0.15, 0.2) is 24.3 Å². The molecule has 0 fully saturated rings. The second-order valence-corrected chi connectivity index (χ2v) is 8.56. The van der Waals surface area contributed by atoms with Crippen LogP contribution in [-0.4, -0.2) is 33.9 Å². The molecular weight excluding hydrogens is 272 g/mol. The van der Waals surface area contributed by atoms with Gasteiger partial charge in [0.05, 0.1) is 5.56 Å². The van der Waals surface area contributed by atoms with Gasteiger partial charge in [0.1, 0.15) is 0 Å². The van der Waals surface area contributed by atoms with Crippen molar-refractivity contribution in [2.45, 2.75) is 38.3 Å². The molecule has 0 saturated carbocycles. The first-order valence-corrected chi connectivity index (χ1v) is 9.22. The summed E-state index contributed by atoms with van der Waals surface area (Å²) in [5.74, 6) is -0.892. The highest BCUT2D eigenvalue weighted by atomic mass is 28.4. The zero-order chi connectivity index (χ0) is 15.0. The van der Waals surface area contributed by atoms with E-state index in [0.717, 1.165) is 36.9 Å². The molecule has 20 heavy (non-hydrogen) atoms. The maximum Gasteiger partial charge on any atom is 0.337 e. The Hall–Kier alpha value is -1.17. The standard InChI is InChI=1S/C15H24O4Si/c1-4-5-11-20(18-2,19-3)12-10-13-6-8-14(9-7-13)15(16)17/h6-9H,4-5,10-12H2,1-3H3,(H,16,17). The van der Waals surface area contributed by atoms with Crippen LogP contribution in [-0.2, 0) is 15.3 Å². The normalized spacial score (nSPS) is 11.6. The van der Waals surface area contributed by atoms with E-state index in [2.05, 4.69) is 6.92 Å². The average Bonchev–Trinajstić information content (AvgIpc) is 2.48. The summed E-state index contributed by atoms with van der Waals surface area (Å²) in [5, 5.41) is 8.87. The summed E-state index contributed by atoms with van der Waals surface area (Å²) in [6.07, 6.45) is 3.11. The number of carbonyl (C=O) groups is 1. The molecule has 0 radical (unpaired) electrons. The van der Waals surface area contributed by atoms with Gasteiger partial charge in [-0.25, -0.2) is 4.79 Å². The number of carboxylic acids is 1. The van der Waals surface area contributed by atoms with Gasteiger partial charge in [0, 0.05) is 14.2 Å². The third-order valence-corrected chi connectivity index (χ3v) is 7.27. The maximum atomic E-state index is 10.8. The minimum absolute atomic E-state index is 0.321. The first kappa shape index (κ1) is 16.9. The molecule has 1 rings (SSSR count). The predicted octanol–water partition coefficient (Wildman–Crippen LogP) is 3.46. The molecule has 0 amide bonds. The third kappa shape index (κ3) is 4.74. The number of aromatic carboxylic acids is 1. The highest BCUT2D eigenvalue weighted by Gasteiger charge is 2.34. The van der Waals surface area contributed by atoms with Gasteiger partial charge in [-0.3, -0.25) is 0 Å². The Morgan fingerprint density at radius 1 is 1.15 bits per heavy atom. The number of carboxylic acid groups (broad SMARTS) is 1. The molecule has 1 aromatic rings.